The van der Waals surface area contributed by atoms with Crippen LogP contribution in [-0.2, 0) is 19.6 Å². The third-order valence-electron chi connectivity index (χ3n) is 4.12. The van der Waals surface area contributed by atoms with Crippen molar-refractivity contribution in [3.05, 3.63) is 40.9 Å². The van der Waals surface area contributed by atoms with Gasteiger partial charge in [-0.05, 0) is 50.1 Å². The molecule has 0 saturated heterocycles. The van der Waals surface area contributed by atoms with Crippen LogP contribution in [0.3, 0.4) is 0 Å². The number of sulfonamides is 1. The molecule has 1 unspecified atom stereocenters. The molecule has 0 aliphatic heterocycles. The quantitative estimate of drug-likeness (QED) is 0.471. The van der Waals surface area contributed by atoms with Gasteiger partial charge in [-0.2, -0.15) is 0 Å². The molecule has 5 N–H and O–H groups in total. The Morgan fingerprint density at radius 3 is 2.50 bits per heavy atom. The first kappa shape index (κ1) is 23.5. The molecule has 2 aromatic carbocycles. The van der Waals surface area contributed by atoms with E-state index in [9.17, 15) is 23.1 Å². The zero-order valence-corrected chi connectivity index (χ0v) is 18.1. The summed E-state index contributed by atoms with van der Waals surface area (Å²) in [6, 6.07) is 6.30. The number of phenolic OH excluding ortho intramolecular Hbond substituents is 1. The summed E-state index contributed by atoms with van der Waals surface area (Å²) in [6.07, 6.45) is 0.573. The fourth-order valence-corrected chi connectivity index (χ4v) is 4.17. The fourth-order valence-electron chi connectivity index (χ4n) is 2.43. The van der Waals surface area contributed by atoms with Crippen molar-refractivity contribution in [1.29, 1.82) is 0 Å². The van der Waals surface area contributed by atoms with Crippen molar-refractivity contribution in [2.75, 3.05) is 5.32 Å². The minimum atomic E-state index is -3.97. The first-order valence-electron chi connectivity index (χ1n) is 8.88. The lowest BCUT2D eigenvalue weighted by atomic mass is 10.2. The highest BCUT2D eigenvalue weighted by molar-refractivity contribution is 7.89. The zero-order chi connectivity index (χ0) is 22.6. The number of carbonyl (C=O) groups is 2. The highest BCUT2D eigenvalue weighted by atomic mass is 35.5. The van der Waals surface area contributed by atoms with Crippen molar-refractivity contribution in [3.63, 3.8) is 0 Å². The number of aryl methyl sites for hydroxylation is 1. The van der Waals surface area contributed by atoms with E-state index in [0.717, 1.165) is 0 Å². The molecule has 2 amide bonds. The molecule has 11 heteroatoms. The molecule has 0 heterocycles. The topological polar surface area (TPSA) is 148 Å². The van der Waals surface area contributed by atoms with Crippen molar-refractivity contribution in [1.82, 2.24) is 4.72 Å². The van der Waals surface area contributed by atoms with Gasteiger partial charge in [-0.15, -0.1) is 0 Å². The molecular weight excluding hydrogens is 434 g/mol. The van der Waals surface area contributed by atoms with Crippen LogP contribution in [0.4, 0.5) is 5.69 Å². The van der Waals surface area contributed by atoms with Crippen LogP contribution in [0, 0.1) is 6.92 Å². The predicted molar refractivity (Wildman–Crippen MR) is 112 cm³/mol. The Labute approximate surface area is 179 Å². The van der Waals surface area contributed by atoms with Gasteiger partial charge in [-0.1, -0.05) is 18.5 Å². The zero-order valence-electron chi connectivity index (χ0n) is 16.5. The van der Waals surface area contributed by atoms with Gasteiger partial charge < -0.3 is 20.9 Å². The smallest absolute Gasteiger partial charge is 0.313 e. The van der Waals surface area contributed by atoms with Crippen molar-refractivity contribution >= 4 is 39.1 Å². The van der Waals surface area contributed by atoms with Gasteiger partial charge in [0.05, 0.1) is 5.02 Å². The Hall–Kier alpha value is -2.82. The summed E-state index contributed by atoms with van der Waals surface area (Å²) < 4.78 is 33.3. The molecule has 30 heavy (non-hydrogen) atoms. The van der Waals surface area contributed by atoms with E-state index in [2.05, 4.69) is 10.0 Å². The lowest BCUT2D eigenvalue weighted by Gasteiger charge is -2.16. The van der Waals surface area contributed by atoms with Crippen molar-refractivity contribution in [2.24, 2.45) is 5.73 Å². The van der Waals surface area contributed by atoms with E-state index in [0.29, 0.717) is 12.0 Å². The van der Waals surface area contributed by atoms with Gasteiger partial charge in [-0.3, -0.25) is 9.59 Å². The Kier molecular flexibility index (Phi) is 7.30. The summed E-state index contributed by atoms with van der Waals surface area (Å²) in [4.78, 5) is 22.0. The average Bonchev–Trinajstić information content (AvgIpc) is 2.65. The standard InChI is InChI=1S/C19H22ClN3O6S/c1-4-11(3)23-30(27,28)16-9-13(5-6-15(16)24)29-17-10(2)7-12(8-14(17)20)22-19(26)18(21)25/h5-9,11,23-24H,4H2,1-3H3,(H2,21,25)(H,22,26). The molecule has 0 radical (unpaired) electrons. The van der Waals surface area contributed by atoms with Gasteiger partial charge >= 0.3 is 11.8 Å². The molecule has 2 rings (SSSR count). The highest BCUT2D eigenvalue weighted by Crippen LogP contribution is 2.37. The molecule has 2 aromatic rings. The van der Waals surface area contributed by atoms with E-state index < -0.39 is 27.6 Å². The van der Waals surface area contributed by atoms with Gasteiger partial charge in [0.15, 0.2) is 0 Å². The second-order valence-corrected chi connectivity index (χ2v) is 8.67. The number of nitrogens with two attached hydrogens (primary N) is 1. The first-order valence-corrected chi connectivity index (χ1v) is 10.7. The van der Waals surface area contributed by atoms with E-state index in [1.807, 2.05) is 6.92 Å². The Morgan fingerprint density at radius 1 is 1.27 bits per heavy atom. The highest BCUT2D eigenvalue weighted by Gasteiger charge is 2.22. The number of phenols is 1. The monoisotopic (exact) mass is 455 g/mol. The summed E-state index contributed by atoms with van der Waals surface area (Å²) in [6.45, 7) is 5.17. The number of rotatable bonds is 7. The summed E-state index contributed by atoms with van der Waals surface area (Å²) >= 11 is 6.22. The number of anilines is 1. The third kappa shape index (κ3) is 5.62. The number of benzene rings is 2. The lowest BCUT2D eigenvalue weighted by molar-refractivity contribution is -0.134. The van der Waals surface area contributed by atoms with Crippen LogP contribution in [0.2, 0.25) is 5.02 Å². The van der Waals surface area contributed by atoms with E-state index in [1.54, 1.807) is 13.8 Å². The number of aromatic hydroxyl groups is 1. The van der Waals surface area contributed by atoms with Crippen LogP contribution in [0.15, 0.2) is 35.2 Å². The van der Waals surface area contributed by atoms with Crippen LogP contribution < -0.4 is 20.5 Å². The average molecular weight is 456 g/mol. The SMILES string of the molecule is CCC(C)NS(=O)(=O)c1cc(Oc2c(C)cc(NC(=O)C(N)=O)cc2Cl)ccc1O. The minimum absolute atomic E-state index is 0.102. The molecule has 9 nitrogen and oxygen atoms in total. The molecule has 0 aliphatic carbocycles. The molecule has 0 spiro atoms. The fraction of sp³-hybridized carbons (Fsp3) is 0.263. The van der Waals surface area contributed by atoms with Crippen molar-refractivity contribution in [2.45, 2.75) is 38.1 Å². The number of carbonyl (C=O) groups excluding carboxylic acids is 2. The number of halogens is 1. The molecule has 0 fully saturated rings. The minimum Gasteiger partial charge on any atom is -0.507 e. The Balaban J connectivity index is 2.35. The van der Waals surface area contributed by atoms with Crippen LogP contribution in [0.5, 0.6) is 17.2 Å². The third-order valence-corrected chi connectivity index (χ3v) is 6.02. The molecule has 0 bridgehead atoms. The maximum atomic E-state index is 12.5. The number of hydrogen-bond acceptors (Lipinski definition) is 6. The van der Waals surface area contributed by atoms with Gasteiger partial charge in [0.25, 0.3) is 0 Å². The summed E-state index contributed by atoms with van der Waals surface area (Å²) in [5, 5.41) is 12.4. The van der Waals surface area contributed by atoms with Crippen molar-refractivity contribution < 1.29 is 27.9 Å². The number of nitrogens with one attached hydrogen (secondary N) is 2. The van der Waals surface area contributed by atoms with E-state index in [-0.39, 0.29) is 33.1 Å². The molecule has 0 aromatic heterocycles. The number of primary amides is 1. The maximum Gasteiger partial charge on any atom is 0.313 e. The summed E-state index contributed by atoms with van der Waals surface area (Å²) in [5.74, 6) is -2.24. The predicted octanol–water partition coefficient (Wildman–Crippen LogP) is 2.65. The van der Waals surface area contributed by atoms with E-state index in [1.165, 1.54) is 30.3 Å². The largest absolute Gasteiger partial charge is 0.507 e. The molecule has 1 atom stereocenters. The normalized spacial score (nSPS) is 12.3. The van der Waals surface area contributed by atoms with Gasteiger partial charge in [0, 0.05) is 17.8 Å². The summed E-state index contributed by atoms with van der Waals surface area (Å²) in [7, 11) is -3.97. The maximum absolute atomic E-state index is 12.5. The van der Waals surface area contributed by atoms with E-state index >= 15 is 0 Å². The lowest BCUT2D eigenvalue weighted by Crippen LogP contribution is -2.32. The van der Waals surface area contributed by atoms with Gasteiger partial charge in [0.1, 0.15) is 22.1 Å². The molecular formula is C19H22ClN3O6S. The van der Waals surface area contributed by atoms with Gasteiger partial charge in [-0.25, -0.2) is 13.1 Å². The van der Waals surface area contributed by atoms with E-state index in [4.69, 9.17) is 22.1 Å². The van der Waals surface area contributed by atoms with Gasteiger partial charge in [0.2, 0.25) is 10.0 Å². The number of ether oxygens (including phenoxy) is 1. The number of amides is 2. The molecule has 0 saturated carbocycles. The summed E-state index contributed by atoms with van der Waals surface area (Å²) in [5.41, 5.74) is 5.64. The van der Waals surface area contributed by atoms with Crippen LogP contribution in [-0.4, -0.2) is 31.4 Å². The first-order chi connectivity index (χ1) is 13.9. The van der Waals surface area contributed by atoms with Crippen LogP contribution >= 0.6 is 11.6 Å². The van der Waals surface area contributed by atoms with Crippen LogP contribution in [0.25, 0.3) is 0 Å². The molecule has 162 valence electrons. The Morgan fingerprint density at radius 2 is 1.93 bits per heavy atom. The molecule has 0 aliphatic rings. The van der Waals surface area contributed by atoms with Crippen LogP contribution in [0.1, 0.15) is 25.8 Å². The Bertz CT molecular complexity index is 1060. The number of hydrogen-bond donors (Lipinski definition) is 4. The second kappa shape index (κ2) is 9.33. The van der Waals surface area contributed by atoms with Crippen molar-refractivity contribution in [3.8, 4) is 17.2 Å². The second-order valence-electron chi connectivity index (χ2n) is 6.58.